The van der Waals surface area contributed by atoms with Gasteiger partial charge in [-0.15, -0.1) is 0 Å². The number of nitrogens with zero attached hydrogens (tertiary/aromatic N) is 1. The lowest BCUT2D eigenvalue weighted by Crippen LogP contribution is -2.58. The van der Waals surface area contributed by atoms with Crippen LogP contribution in [0.5, 0.6) is 0 Å². The Bertz CT molecular complexity index is 1030. The molecule has 1 saturated heterocycles. The summed E-state index contributed by atoms with van der Waals surface area (Å²) in [6.07, 6.45) is 5.25. The van der Waals surface area contributed by atoms with Gasteiger partial charge in [-0.3, -0.25) is 9.59 Å². The van der Waals surface area contributed by atoms with Gasteiger partial charge in [0.1, 0.15) is 5.82 Å². The number of hydrogen-bond acceptors (Lipinski definition) is 5. The number of anilines is 1. The Morgan fingerprint density at radius 3 is 2.19 bits per heavy atom. The molecule has 168 valence electrons. The summed E-state index contributed by atoms with van der Waals surface area (Å²) in [4.78, 5) is 29.2. The van der Waals surface area contributed by atoms with Crippen molar-refractivity contribution in [3.63, 3.8) is 0 Å². The smallest absolute Gasteiger partial charge is 0.325 e. The zero-order valence-corrected chi connectivity index (χ0v) is 18.5. The summed E-state index contributed by atoms with van der Waals surface area (Å²) in [5.41, 5.74) is 1.30. The standard InChI is InChI=1S/C26H28FNO4/c1-31-23(29)26(24(30)32-2)16-21(17-10-12-18(27)13-11-17)28-20-9-5-4-8-19(20)25(22(26)28)14-6-3-7-15-25/h4-5,8-13,21-22H,3,6-7,14-16H2,1-2H3/t21-,22+/m0/s1. The van der Waals surface area contributed by atoms with Gasteiger partial charge < -0.3 is 14.4 Å². The lowest BCUT2D eigenvalue weighted by molar-refractivity contribution is -0.171. The summed E-state index contributed by atoms with van der Waals surface area (Å²) in [5.74, 6) is -1.43. The number of fused-ring (bicyclic) bond motifs is 5. The van der Waals surface area contributed by atoms with E-state index < -0.39 is 23.4 Å². The van der Waals surface area contributed by atoms with E-state index in [1.54, 1.807) is 12.1 Å². The monoisotopic (exact) mass is 437 g/mol. The first-order chi connectivity index (χ1) is 15.5. The Morgan fingerprint density at radius 2 is 1.56 bits per heavy atom. The largest absolute Gasteiger partial charge is 0.468 e. The topological polar surface area (TPSA) is 55.8 Å². The highest BCUT2D eigenvalue weighted by molar-refractivity contribution is 6.03. The highest BCUT2D eigenvalue weighted by Crippen LogP contribution is 2.65. The molecule has 32 heavy (non-hydrogen) atoms. The second kappa shape index (κ2) is 7.61. The van der Waals surface area contributed by atoms with Crippen molar-refractivity contribution in [2.75, 3.05) is 19.1 Å². The third kappa shape index (κ3) is 2.68. The van der Waals surface area contributed by atoms with Crippen molar-refractivity contribution < 1.29 is 23.5 Å². The molecular formula is C26H28FNO4. The van der Waals surface area contributed by atoms with Gasteiger partial charge >= 0.3 is 11.9 Å². The average Bonchev–Trinajstić information content (AvgIpc) is 3.33. The molecule has 2 aliphatic heterocycles. The Morgan fingerprint density at radius 1 is 0.938 bits per heavy atom. The SMILES string of the molecule is COC(=O)C1(C(=O)OC)C[C@@H](c2ccc(F)cc2)N2c3ccccc3C3(CCCCC3)[C@@H]21. The van der Waals surface area contributed by atoms with Crippen LogP contribution in [0, 0.1) is 11.2 Å². The van der Waals surface area contributed by atoms with Gasteiger partial charge in [0.15, 0.2) is 5.41 Å². The maximum Gasteiger partial charge on any atom is 0.325 e. The molecule has 2 heterocycles. The zero-order chi connectivity index (χ0) is 22.5. The number of ether oxygens (including phenoxy) is 2. The Balaban J connectivity index is 1.78. The predicted octanol–water partition coefficient (Wildman–Crippen LogP) is 4.69. The lowest BCUT2D eigenvalue weighted by Gasteiger charge is -2.45. The molecule has 3 aliphatic rings. The number of carbonyl (C=O) groups excluding carboxylic acids is 2. The summed E-state index contributed by atoms with van der Waals surface area (Å²) in [6, 6.07) is 13.9. The first-order valence-electron chi connectivity index (χ1n) is 11.3. The molecule has 5 rings (SSSR count). The Hall–Kier alpha value is -2.89. The number of hydrogen-bond donors (Lipinski definition) is 0. The molecule has 0 aromatic heterocycles. The molecule has 0 unspecified atom stereocenters. The fourth-order valence-corrected chi connectivity index (χ4v) is 6.77. The second-order valence-corrected chi connectivity index (χ2v) is 9.27. The van der Waals surface area contributed by atoms with Crippen molar-refractivity contribution in [1.82, 2.24) is 0 Å². The summed E-state index contributed by atoms with van der Waals surface area (Å²) in [6.45, 7) is 0. The van der Waals surface area contributed by atoms with E-state index in [9.17, 15) is 14.0 Å². The van der Waals surface area contributed by atoms with Crippen LogP contribution >= 0.6 is 0 Å². The van der Waals surface area contributed by atoms with Crippen LogP contribution in [0.3, 0.4) is 0 Å². The van der Waals surface area contributed by atoms with Crippen molar-refractivity contribution in [1.29, 1.82) is 0 Å². The fraction of sp³-hybridized carbons (Fsp3) is 0.462. The minimum Gasteiger partial charge on any atom is -0.468 e. The number of para-hydroxylation sites is 1. The van der Waals surface area contributed by atoms with Gasteiger partial charge in [0.2, 0.25) is 0 Å². The third-order valence-corrected chi connectivity index (χ3v) is 7.94. The van der Waals surface area contributed by atoms with E-state index >= 15 is 0 Å². The second-order valence-electron chi connectivity index (χ2n) is 9.27. The van der Waals surface area contributed by atoms with Crippen LogP contribution in [0.1, 0.15) is 55.7 Å². The highest BCUT2D eigenvalue weighted by atomic mass is 19.1. The molecule has 0 radical (unpaired) electrons. The van der Waals surface area contributed by atoms with Crippen molar-refractivity contribution in [2.45, 2.75) is 56.0 Å². The molecule has 0 amide bonds. The number of carbonyl (C=O) groups is 2. The molecule has 1 spiro atoms. The van der Waals surface area contributed by atoms with Crippen molar-refractivity contribution in [2.24, 2.45) is 5.41 Å². The zero-order valence-electron chi connectivity index (χ0n) is 18.5. The van der Waals surface area contributed by atoms with Gasteiger partial charge in [-0.2, -0.15) is 0 Å². The summed E-state index contributed by atoms with van der Waals surface area (Å²) in [5, 5.41) is 0. The number of halogens is 1. The molecule has 0 bridgehead atoms. The van der Waals surface area contributed by atoms with E-state index in [-0.39, 0.29) is 23.7 Å². The minimum absolute atomic E-state index is 0.235. The molecular weight excluding hydrogens is 409 g/mol. The summed E-state index contributed by atoms with van der Waals surface area (Å²) in [7, 11) is 2.66. The van der Waals surface area contributed by atoms with Crippen molar-refractivity contribution in [3.8, 4) is 0 Å². The molecule has 2 aromatic rings. The van der Waals surface area contributed by atoms with E-state index in [2.05, 4.69) is 17.0 Å². The van der Waals surface area contributed by atoms with Gasteiger partial charge in [0.25, 0.3) is 0 Å². The van der Waals surface area contributed by atoms with Crippen LogP contribution in [0.25, 0.3) is 0 Å². The first kappa shape index (κ1) is 21.0. The van der Waals surface area contributed by atoms with Crippen LogP contribution in [-0.4, -0.2) is 32.2 Å². The Labute approximate surface area is 187 Å². The maximum absolute atomic E-state index is 13.7. The van der Waals surface area contributed by atoms with Crippen LogP contribution in [0.15, 0.2) is 48.5 Å². The van der Waals surface area contributed by atoms with Gasteiger partial charge in [0.05, 0.1) is 26.3 Å². The number of rotatable bonds is 3. The molecule has 2 atom stereocenters. The quantitative estimate of drug-likeness (QED) is 0.515. The average molecular weight is 438 g/mol. The molecule has 2 fully saturated rings. The number of methoxy groups -OCH3 is 2. The number of esters is 2. The van der Waals surface area contributed by atoms with Gasteiger partial charge in [-0.1, -0.05) is 49.6 Å². The van der Waals surface area contributed by atoms with Crippen molar-refractivity contribution in [3.05, 3.63) is 65.5 Å². The van der Waals surface area contributed by atoms with Crippen LogP contribution in [0.2, 0.25) is 0 Å². The molecule has 2 aromatic carbocycles. The predicted molar refractivity (Wildman–Crippen MR) is 118 cm³/mol. The highest BCUT2D eigenvalue weighted by Gasteiger charge is 2.72. The van der Waals surface area contributed by atoms with E-state index in [1.165, 1.54) is 31.9 Å². The molecule has 1 aliphatic carbocycles. The van der Waals surface area contributed by atoms with E-state index in [1.807, 2.05) is 12.1 Å². The van der Waals surface area contributed by atoms with Crippen LogP contribution in [0.4, 0.5) is 10.1 Å². The van der Waals surface area contributed by atoms with Crippen LogP contribution in [-0.2, 0) is 24.5 Å². The van der Waals surface area contributed by atoms with E-state index in [0.717, 1.165) is 43.4 Å². The summed E-state index contributed by atoms with van der Waals surface area (Å²) >= 11 is 0. The third-order valence-electron chi connectivity index (χ3n) is 7.94. The maximum atomic E-state index is 13.7. The van der Waals surface area contributed by atoms with Gasteiger partial charge in [0, 0.05) is 17.5 Å². The normalized spacial score (nSPS) is 24.7. The molecule has 5 nitrogen and oxygen atoms in total. The van der Waals surface area contributed by atoms with E-state index in [4.69, 9.17) is 9.47 Å². The van der Waals surface area contributed by atoms with Crippen molar-refractivity contribution >= 4 is 17.6 Å². The van der Waals surface area contributed by atoms with Crippen LogP contribution < -0.4 is 4.90 Å². The molecule has 0 N–H and O–H groups in total. The lowest BCUT2D eigenvalue weighted by atomic mass is 9.59. The Kier molecular flexibility index (Phi) is 4.99. The minimum atomic E-state index is -1.46. The van der Waals surface area contributed by atoms with Gasteiger partial charge in [-0.05, 0) is 42.2 Å². The first-order valence-corrected chi connectivity index (χ1v) is 11.3. The number of benzene rings is 2. The summed E-state index contributed by atoms with van der Waals surface area (Å²) < 4.78 is 24.3. The van der Waals surface area contributed by atoms with E-state index in [0.29, 0.717) is 0 Å². The molecule has 6 heteroatoms. The molecule has 1 saturated carbocycles. The van der Waals surface area contributed by atoms with Gasteiger partial charge in [-0.25, -0.2) is 4.39 Å². The fourth-order valence-electron chi connectivity index (χ4n) is 6.77.